The Bertz CT molecular complexity index is 1380. The molecule has 5 rings (SSSR count). The van der Waals surface area contributed by atoms with Gasteiger partial charge in [0.2, 0.25) is 0 Å². The Kier molecular flexibility index (Phi) is 7.60. The number of fused-ring (bicyclic) bond motifs is 5. The lowest BCUT2D eigenvalue weighted by Crippen LogP contribution is -2.48. The molecule has 2 aromatic rings. The van der Waals surface area contributed by atoms with Crippen molar-refractivity contribution >= 4 is 23.5 Å². The molecule has 0 aliphatic heterocycles. The smallest absolute Gasteiger partial charge is 0.338 e. The van der Waals surface area contributed by atoms with Crippen molar-refractivity contribution in [1.29, 1.82) is 0 Å². The van der Waals surface area contributed by atoms with Crippen molar-refractivity contribution in [3.05, 3.63) is 47.0 Å². The predicted octanol–water partition coefficient (Wildman–Crippen LogP) is 2.33. The summed E-state index contributed by atoms with van der Waals surface area (Å²) in [5, 5.41) is 43.5. The van der Waals surface area contributed by atoms with Crippen molar-refractivity contribution in [3.63, 3.8) is 0 Å². The van der Waals surface area contributed by atoms with E-state index >= 15 is 0 Å². The molecule has 0 aromatic heterocycles. The molecule has 2 fully saturated rings. The van der Waals surface area contributed by atoms with Gasteiger partial charge in [0.05, 0.1) is 12.8 Å². The highest BCUT2D eigenvalue weighted by atomic mass is 16.6. The van der Waals surface area contributed by atoms with Crippen LogP contribution in [0, 0.1) is 17.3 Å². The molecule has 3 aliphatic rings. The number of anilines is 1. The average molecular weight is 569 g/mol. The summed E-state index contributed by atoms with van der Waals surface area (Å²) in [5.41, 5.74) is 6.82. The number of ether oxygens (including phenoxy) is 2. The fourth-order valence-electron chi connectivity index (χ4n) is 7.48. The minimum atomic E-state index is -2.20. The lowest BCUT2D eigenvalue weighted by Gasteiger charge is -2.50. The monoisotopic (exact) mass is 568 g/mol. The number of benzene rings is 2. The molecule has 2 aromatic carbocycles. The normalized spacial score (nSPS) is 27.9. The molecule has 3 aliphatic carbocycles. The fraction of sp³-hybridized carbons (Fsp3) is 0.500. The van der Waals surface area contributed by atoms with Crippen molar-refractivity contribution in [3.8, 4) is 17.2 Å². The van der Waals surface area contributed by atoms with Crippen molar-refractivity contribution in [2.24, 2.45) is 23.0 Å². The summed E-state index contributed by atoms with van der Waals surface area (Å²) >= 11 is 0. The summed E-state index contributed by atoms with van der Waals surface area (Å²) in [5.74, 6) is -2.62. The third-order valence-electron chi connectivity index (χ3n) is 9.55. The van der Waals surface area contributed by atoms with Gasteiger partial charge in [0.25, 0.3) is 11.8 Å². The number of esters is 1. The topological polar surface area (TPSA) is 189 Å². The highest BCUT2D eigenvalue weighted by molar-refractivity contribution is 6.04. The Labute approximate surface area is 237 Å². The van der Waals surface area contributed by atoms with Crippen LogP contribution in [0.1, 0.15) is 66.4 Å². The van der Waals surface area contributed by atoms with Gasteiger partial charge in [-0.2, -0.15) is 0 Å². The van der Waals surface area contributed by atoms with Crippen LogP contribution < -0.4 is 15.8 Å². The maximum absolute atomic E-state index is 12.9. The van der Waals surface area contributed by atoms with Crippen LogP contribution in [0.4, 0.5) is 5.69 Å². The first-order valence-corrected chi connectivity index (χ1v) is 13.8. The summed E-state index contributed by atoms with van der Waals surface area (Å²) in [6.07, 6.45) is 0.226. The second-order valence-electron chi connectivity index (χ2n) is 11.6. The highest BCUT2D eigenvalue weighted by Gasteiger charge is 2.56. The van der Waals surface area contributed by atoms with Crippen LogP contribution in [0.15, 0.2) is 30.3 Å². The van der Waals surface area contributed by atoms with Gasteiger partial charge in [0.15, 0.2) is 18.0 Å². The van der Waals surface area contributed by atoms with Gasteiger partial charge < -0.3 is 41.0 Å². The summed E-state index contributed by atoms with van der Waals surface area (Å²) in [7, 11) is 1.27. The fourth-order valence-corrected chi connectivity index (χ4v) is 7.48. The second kappa shape index (κ2) is 10.9. The van der Waals surface area contributed by atoms with Gasteiger partial charge >= 0.3 is 5.97 Å². The van der Waals surface area contributed by atoms with Crippen molar-refractivity contribution in [2.75, 3.05) is 12.4 Å². The molecule has 0 radical (unpaired) electrons. The zero-order chi connectivity index (χ0) is 29.6. The van der Waals surface area contributed by atoms with E-state index in [2.05, 4.69) is 12.2 Å². The third kappa shape index (κ3) is 4.97. The maximum atomic E-state index is 12.9. The number of aryl methyl sites for hydroxylation is 1. The number of rotatable bonds is 7. The van der Waals surface area contributed by atoms with Gasteiger partial charge in [-0.25, -0.2) is 4.79 Å². The molecule has 7 atom stereocenters. The van der Waals surface area contributed by atoms with E-state index in [1.165, 1.54) is 30.4 Å². The van der Waals surface area contributed by atoms with Gasteiger partial charge in [-0.1, -0.05) is 13.0 Å². The van der Waals surface area contributed by atoms with Crippen LogP contribution in [-0.4, -0.2) is 63.6 Å². The Morgan fingerprint density at radius 3 is 2.51 bits per heavy atom. The summed E-state index contributed by atoms with van der Waals surface area (Å²) < 4.78 is 10.7. The molecule has 11 nitrogen and oxygen atoms in total. The van der Waals surface area contributed by atoms with E-state index in [1.54, 1.807) is 6.07 Å². The Balaban J connectivity index is 1.24. The molecule has 2 amide bonds. The number of amides is 2. The van der Waals surface area contributed by atoms with Crippen LogP contribution in [0.3, 0.4) is 0 Å². The van der Waals surface area contributed by atoms with Gasteiger partial charge in [-0.05, 0) is 91.7 Å². The number of hydrogen-bond acceptors (Lipinski definition) is 9. The molecule has 7 unspecified atom stereocenters. The van der Waals surface area contributed by atoms with Crippen LogP contribution in [0.5, 0.6) is 17.2 Å². The van der Waals surface area contributed by atoms with Gasteiger partial charge in [-0.15, -0.1) is 0 Å². The molecule has 11 heteroatoms. The molecule has 0 spiro atoms. The first-order valence-electron chi connectivity index (χ1n) is 13.8. The predicted molar refractivity (Wildman–Crippen MR) is 146 cm³/mol. The number of aliphatic hydroxyl groups is 2. The van der Waals surface area contributed by atoms with E-state index in [9.17, 15) is 34.8 Å². The lowest BCUT2D eigenvalue weighted by molar-refractivity contribution is -0.174. The molecular weight excluding hydrogens is 532 g/mol. The van der Waals surface area contributed by atoms with Crippen molar-refractivity contribution < 1.29 is 44.3 Å². The lowest BCUT2D eigenvalue weighted by atomic mass is 9.55. The number of methoxy groups -OCH3 is 1. The highest BCUT2D eigenvalue weighted by Crippen LogP contribution is 2.61. The third-order valence-corrected chi connectivity index (χ3v) is 9.55. The number of phenols is 2. The zero-order valence-electron chi connectivity index (χ0n) is 23.0. The number of aromatic hydroxyl groups is 2. The van der Waals surface area contributed by atoms with Gasteiger partial charge in [0.1, 0.15) is 23.2 Å². The van der Waals surface area contributed by atoms with Crippen LogP contribution in [-0.2, 0) is 20.7 Å². The Hall–Kier alpha value is -3.83. The van der Waals surface area contributed by atoms with E-state index in [4.69, 9.17) is 15.2 Å². The SMILES string of the molecule is COc1ccc(NC(=O)C(O)C(O)C(=O)OC2CCC3C4CCc5cc(O)ccc5C4CCC23C)c(O)c1C(N)=O. The number of hydrogen-bond donors (Lipinski definition) is 6. The quantitative estimate of drug-likeness (QED) is 0.215. The Morgan fingerprint density at radius 2 is 1.80 bits per heavy atom. The molecule has 0 saturated heterocycles. The molecule has 2 saturated carbocycles. The Morgan fingerprint density at radius 1 is 1.05 bits per heavy atom. The van der Waals surface area contributed by atoms with Crippen LogP contribution in [0.25, 0.3) is 0 Å². The molecular formula is C30H36N2O9. The van der Waals surface area contributed by atoms with E-state index < -0.39 is 41.8 Å². The number of nitrogens with two attached hydrogens (primary N) is 1. The van der Waals surface area contributed by atoms with Gasteiger partial charge in [-0.3, -0.25) is 9.59 Å². The molecule has 0 heterocycles. The largest absolute Gasteiger partial charge is 0.508 e. The number of carbonyl (C=O) groups is 3. The van der Waals surface area contributed by atoms with E-state index in [-0.39, 0.29) is 28.2 Å². The summed E-state index contributed by atoms with van der Waals surface area (Å²) in [6.45, 7) is 2.11. The summed E-state index contributed by atoms with van der Waals surface area (Å²) in [6, 6.07) is 8.13. The van der Waals surface area contributed by atoms with Gasteiger partial charge in [0, 0.05) is 5.41 Å². The molecule has 7 N–H and O–H groups in total. The van der Waals surface area contributed by atoms with E-state index in [0.717, 1.165) is 32.1 Å². The first-order chi connectivity index (χ1) is 19.5. The van der Waals surface area contributed by atoms with Crippen molar-refractivity contribution in [2.45, 2.75) is 69.7 Å². The molecule has 220 valence electrons. The number of carbonyl (C=O) groups excluding carboxylic acids is 3. The number of aliphatic hydroxyl groups excluding tert-OH is 2. The minimum absolute atomic E-state index is 0.0220. The molecule has 41 heavy (non-hydrogen) atoms. The number of phenolic OH excluding ortho intramolecular Hbond substituents is 1. The van der Waals surface area contributed by atoms with E-state index in [1.807, 2.05) is 12.1 Å². The first kappa shape index (κ1) is 28.7. The second-order valence-corrected chi connectivity index (χ2v) is 11.6. The zero-order valence-corrected chi connectivity index (χ0v) is 23.0. The van der Waals surface area contributed by atoms with E-state index in [0.29, 0.717) is 24.2 Å². The number of primary amides is 1. The standard InChI is InChI=1S/C30H36N2O9/c1-30-12-11-17-16-6-4-15(33)13-14(16)3-5-18(17)19(30)7-10-22(30)41-29(39)26(36)25(35)28(38)32-20-8-9-21(40-2)23(24(20)34)27(31)37/h4,6,8-9,13,17-19,22,25-26,33-36H,3,5,7,10-12H2,1-2H3,(H2,31,37)(H,32,38). The van der Waals surface area contributed by atoms with Crippen LogP contribution >= 0.6 is 0 Å². The minimum Gasteiger partial charge on any atom is -0.508 e. The maximum Gasteiger partial charge on any atom is 0.338 e. The van der Waals surface area contributed by atoms with Crippen LogP contribution in [0.2, 0.25) is 0 Å². The summed E-state index contributed by atoms with van der Waals surface area (Å²) in [4.78, 5) is 37.3. The average Bonchev–Trinajstić information content (AvgIpc) is 3.28. The molecule has 0 bridgehead atoms. The van der Waals surface area contributed by atoms with Crippen molar-refractivity contribution in [1.82, 2.24) is 0 Å². The number of nitrogens with one attached hydrogen (secondary N) is 1.